The van der Waals surface area contributed by atoms with Gasteiger partial charge in [-0.15, -0.1) is 0 Å². The van der Waals surface area contributed by atoms with Crippen LogP contribution in [0.4, 0.5) is 5.69 Å². The van der Waals surface area contributed by atoms with E-state index in [0.29, 0.717) is 11.3 Å². The molecule has 0 aliphatic rings. The Balaban J connectivity index is 2.66. The summed E-state index contributed by atoms with van der Waals surface area (Å²) in [7, 11) is 0. The second-order valence-corrected chi connectivity index (χ2v) is 4.79. The van der Waals surface area contributed by atoms with Crippen molar-refractivity contribution in [3.63, 3.8) is 0 Å². The van der Waals surface area contributed by atoms with Crippen LogP contribution in [0.15, 0.2) is 22.7 Å². The summed E-state index contributed by atoms with van der Waals surface area (Å²) in [5.74, 6) is -0.0936. The molecule has 1 aromatic carbocycles. The number of nitriles is 1. The van der Waals surface area contributed by atoms with Crippen molar-refractivity contribution in [2.24, 2.45) is 0 Å². The smallest absolute Gasteiger partial charge is 0.239 e. The summed E-state index contributed by atoms with van der Waals surface area (Å²) < 4.78 is 0.864. The lowest BCUT2D eigenvalue weighted by atomic mass is 10.2. The summed E-state index contributed by atoms with van der Waals surface area (Å²) in [5.41, 5.74) is 1.17. The van der Waals surface area contributed by atoms with E-state index in [1.807, 2.05) is 13.8 Å². The lowest BCUT2D eigenvalue weighted by Crippen LogP contribution is -2.34. The van der Waals surface area contributed by atoms with Gasteiger partial charge in [0.1, 0.15) is 6.07 Å². The van der Waals surface area contributed by atoms with E-state index in [2.05, 4.69) is 32.6 Å². The van der Waals surface area contributed by atoms with Crippen molar-refractivity contribution in [3.05, 3.63) is 28.2 Å². The normalized spacial score (nSPS) is 9.82. The standard InChI is InChI=1S/C12H14BrN3O/c1-8(2)16-12(17)7-15-11-5-10(13)4-3-9(11)6-14/h3-5,8,15H,7H2,1-2H3,(H,16,17). The Morgan fingerprint density at radius 3 is 2.82 bits per heavy atom. The lowest BCUT2D eigenvalue weighted by Gasteiger charge is -2.11. The van der Waals surface area contributed by atoms with Crippen LogP contribution in [-0.2, 0) is 4.79 Å². The van der Waals surface area contributed by atoms with Crippen molar-refractivity contribution < 1.29 is 4.79 Å². The van der Waals surface area contributed by atoms with Gasteiger partial charge >= 0.3 is 0 Å². The minimum atomic E-state index is -0.0936. The van der Waals surface area contributed by atoms with E-state index in [4.69, 9.17) is 5.26 Å². The minimum Gasteiger partial charge on any atom is -0.375 e. The van der Waals surface area contributed by atoms with Crippen molar-refractivity contribution in [1.29, 1.82) is 5.26 Å². The molecule has 0 unspecified atom stereocenters. The third-order valence-electron chi connectivity index (χ3n) is 1.99. The van der Waals surface area contributed by atoms with E-state index in [-0.39, 0.29) is 18.5 Å². The summed E-state index contributed by atoms with van der Waals surface area (Å²) in [6.07, 6.45) is 0. The molecule has 1 amide bonds. The van der Waals surface area contributed by atoms with Gasteiger partial charge in [-0.3, -0.25) is 4.79 Å². The molecule has 1 rings (SSSR count). The van der Waals surface area contributed by atoms with Crippen LogP contribution < -0.4 is 10.6 Å². The highest BCUT2D eigenvalue weighted by atomic mass is 79.9. The molecule has 17 heavy (non-hydrogen) atoms. The van der Waals surface area contributed by atoms with Crippen LogP contribution in [0.5, 0.6) is 0 Å². The highest BCUT2D eigenvalue weighted by Gasteiger charge is 2.06. The van der Waals surface area contributed by atoms with Gasteiger partial charge < -0.3 is 10.6 Å². The first-order chi connectivity index (χ1) is 8.02. The molecule has 0 heterocycles. The summed E-state index contributed by atoms with van der Waals surface area (Å²) >= 11 is 3.32. The van der Waals surface area contributed by atoms with Gasteiger partial charge in [0.2, 0.25) is 5.91 Å². The van der Waals surface area contributed by atoms with Crippen LogP contribution in [0.1, 0.15) is 19.4 Å². The highest BCUT2D eigenvalue weighted by molar-refractivity contribution is 9.10. The number of carbonyl (C=O) groups is 1. The number of carbonyl (C=O) groups excluding carboxylic acids is 1. The summed E-state index contributed by atoms with van der Waals surface area (Å²) in [6.45, 7) is 3.96. The Morgan fingerprint density at radius 1 is 1.53 bits per heavy atom. The fraction of sp³-hybridized carbons (Fsp3) is 0.333. The number of hydrogen-bond donors (Lipinski definition) is 2. The first-order valence-electron chi connectivity index (χ1n) is 5.26. The molecular weight excluding hydrogens is 282 g/mol. The van der Waals surface area contributed by atoms with Gasteiger partial charge in [-0.1, -0.05) is 15.9 Å². The molecule has 0 bridgehead atoms. The second kappa shape index (κ2) is 6.26. The first-order valence-corrected chi connectivity index (χ1v) is 6.05. The Hall–Kier alpha value is -1.54. The molecule has 0 saturated carbocycles. The largest absolute Gasteiger partial charge is 0.375 e. The number of nitrogens with zero attached hydrogens (tertiary/aromatic N) is 1. The average molecular weight is 296 g/mol. The van der Waals surface area contributed by atoms with Crippen molar-refractivity contribution in [2.75, 3.05) is 11.9 Å². The maximum absolute atomic E-state index is 11.4. The zero-order valence-electron chi connectivity index (χ0n) is 9.75. The molecule has 0 radical (unpaired) electrons. The molecule has 0 aliphatic heterocycles. The van der Waals surface area contributed by atoms with E-state index in [1.165, 1.54) is 0 Å². The summed E-state index contributed by atoms with van der Waals surface area (Å²) in [4.78, 5) is 11.4. The maximum Gasteiger partial charge on any atom is 0.239 e. The van der Waals surface area contributed by atoms with Gasteiger partial charge in [0.15, 0.2) is 0 Å². The van der Waals surface area contributed by atoms with Gasteiger partial charge in [-0.05, 0) is 32.0 Å². The molecule has 0 atom stereocenters. The fourth-order valence-electron chi connectivity index (χ4n) is 1.31. The van der Waals surface area contributed by atoms with Crippen LogP contribution in [-0.4, -0.2) is 18.5 Å². The lowest BCUT2D eigenvalue weighted by molar-refractivity contribution is -0.119. The van der Waals surface area contributed by atoms with Crippen LogP contribution in [0.3, 0.4) is 0 Å². The predicted octanol–water partition coefficient (Wildman–Crippen LogP) is 2.26. The van der Waals surface area contributed by atoms with Crippen LogP contribution >= 0.6 is 15.9 Å². The van der Waals surface area contributed by atoms with Gasteiger partial charge in [0, 0.05) is 10.5 Å². The molecule has 0 aliphatic carbocycles. The molecule has 90 valence electrons. The van der Waals surface area contributed by atoms with Crippen molar-refractivity contribution in [1.82, 2.24) is 5.32 Å². The van der Waals surface area contributed by atoms with Gasteiger partial charge in [-0.25, -0.2) is 0 Å². The SMILES string of the molecule is CC(C)NC(=O)CNc1cc(Br)ccc1C#N. The van der Waals surface area contributed by atoms with E-state index < -0.39 is 0 Å². The van der Waals surface area contributed by atoms with Crippen molar-refractivity contribution in [2.45, 2.75) is 19.9 Å². The molecule has 1 aromatic rings. The Bertz CT molecular complexity index is 452. The molecular formula is C12H14BrN3O. The zero-order valence-corrected chi connectivity index (χ0v) is 11.3. The summed E-state index contributed by atoms with van der Waals surface area (Å²) in [6, 6.07) is 7.46. The van der Waals surface area contributed by atoms with Gasteiger partial charge in [-0.2, -0.15) is 5.26 Å². The number of halogens is 1. The molecule has 2 N–H and O–H groups in total. The van der Waals surface area contributed by atoms with Crippen LogP contribution in [0, 0.1) is 11.3 Å². The van der Waals surface area contributed by atoms with E-state index >= 15 is 0 Å². The Labute approximate surface area is 109 Å². The summed E-state index contributed by atoms with van der Waals surface area (Å²) in [5, 5.41) is 14.6. The molecule has 0 saturated heterocycles. The van der Waals surface area contributed by atoms with Crippen LogP contribution in [0.25, 0.3) is 0 Å². The number of hydrogen-bond acceptors (Lipinski definition) is 3. The molecule has 0 spiro atoms. The minimum absolute atomic E-state index is 0.0936. The number of rotatable bonds is 4. The number of amides is 1. The number of nitrogens with one attached hydrogen (secondary N) is 2. The fourth-order valence-corrected chi connectivity index (χ4v) is 1.67. The first kappa shape index (κ1) is 13.5. The zero-order chi connectivity index (χ0) is 12.8. The molecule has 5 heteroatoms. The van der Waals surface area contributed by atoms with E-state index in [0.717, 1.165) is 4.47 Å². The number of anilines is 1. The monoisotopic (exact) mass is 295 g/mol. The molecule has 4 nitrogen and oxygen atoms in total. The van der Waals surface area contributed by atoms with Gasteiger partial charge in [0.25, 0.3) is 0 Å². The average Bonchev–Trinajstić information content (AvgIpc) is 2.25. The second-order valence-electron chi connectivity index (χ2n) is 3.88. The third kappa shape index (κ3) is 4.45. The molecule has 0 fully saturated rings. The molecule has 0 aromatic heterocycles. The quantitative estimate of drug-likeness (QED) is 0.895. The van der Waals surface area contributed by atoms with Crippen molar-refractivity contribution in [3.8, 4) is 6.07 Å². The Kier molecular flexibility index (Phi) is 4.98. The highest BCUT2D eigenvalue weighted by Crippen LogP contribution is 2.20. The Morgan fingerprint density at radius 2 is 2.24 bits per heavy atom. The maximum atomic E-state index is 11.4. The van der Waals surface area contributed by atoms with E-state index in [9.17, 15) is 4.79 Å². The predicted molar refractivity (Wildman–Crippen MR) is 70.6 cm³/mol. The van der Waals surface area contributed by atoms with E-state index in [1.54, 1.807) is 18.2 Å². The van der Waals surface area contributed by atoms with Crippen molar-refractivity contribution >= 4 is 27.5 Å². The third-order valence-corrected chi connectivity index (χ3v) is 2.48. The number of benzene rings is 1. The topological polar surface area (TPSA) is 64.9 Å². The van der Waals surface area contributed by atoms with Crippen LogP contribution in [0.2, 0.25) is 0 Å². The van der Waals surface area contributed by atoms with Gasteiger partial charge in [0.05, 0.1) is 17.8 Å².